The predicted molar refractivity (Wildman–Crippen MR) is 90.5 cm³/mol. The number of esters is 1. The van der Waals surface area contributed by atoms with Gasteiger partial charge < -0.3 is 19.9 Å². The molecule has 7 heteroatoms. The number of hydrogen-bond donors (Lipinski definition) is 2. The monoisotopic (exact) mass is 345 g/mol. The Hall–Kier alpha value is -2.61. The number of rotatable bonds is 7. The van der Waals surface area contributed by atoms with Gasteiger partial charge in [0.2, 0.25) is 0 Å². The Bertz CT molecular complexity index is 677. The number of hydrogen-bond acceptors (Lipinski definition) is 7. The van der Waals surface area contributed by atoms with Crippen molar-refractivity contribution >= 4 is 5.97 Å². The first-order valence-corrected chi connectivity index (χ1v) is 7.83. The Morgan fingerprint density at radius 1 is 1.44 bits per heavy atom. The summed E-state index contributed by atoms with van der Waals surface area (Å²) in [5.41, 5.74) is 1.03. The molecule has 1 aliphatic rings. The second kappa shape index (κ2) is 9.03. The SMILES string of the molecule is C=CC(O)OCCOC(=O)/C(C#N)=C1/CC(C)(C)CC(NC)=C1C#N. The highest BCUT2D eigenvalue weighted by atomic mass is 16.6. The average molecular weight is 345 g/mol. The molecule has 1 rings (SSSR count). The van der Waals surface area contributed by atoms with E-state index in [4.69, 9.17) is 9.47 Å². The molecule has 1 aliphatic carbocycles. The maximum atomic E-state index is 12.3. The van der Waals surface area contributed by atoms with Crippen molar-refractivity contribution in [2.75, 3.05) is 20.3 Å². The summed E-state index contributed by atoms with van der Waals surface area (Å²) in [5.74, 6) is -0.810. The number of aliphatic hydroxyl groups excluding tert-OH is 1. The van der Waals surface area contributed by atoms with E-state index in [1.54, 1.807) is 7.05 Å². The second-order valence-corrected chi connectivity index (χ2v) is 6.33. The van der Waals surface area contributed by atoms with E-state index in [9.17, 15) is 20.4 Å². The van der Waals surface area contributed by atoms with Gasteiger partial charge >= 0.3 is 5.97 Å². The van der Waals surface area contributed by atoms with Gasteiger partial charge in [0, 0.05) is 12.7 Å². The molecule has 7 nitrogen and oxygen atoms in total. The van der Waals surface area contributed by atoms with Crippen molar-refractivity contribution in [3.05, 3.63) is 35.1 Å². The molecule has 0 aromatic carbocycles. The summed E-state index contributed by atoms with van der Waals surface area (Å²) in [7, 11) is 1.71. The number of nitriles is 2. The predicted octanol–water partition coefficient (Wildman–Crippen LogP) is 1.69. The lowest BCUT2D eigenvalue weighted by atomic mass is 9.73. The van der Waals surface area contributed by atoms with Gasteiger partial charge in [0.1, 0.15) is 24.3 Å². The van der Waals surface area contributed by atoms with Crippen molar-refractivity contribution < 1.29 is 19.4 Å². The van der Waals surface area contributed by atoms with Gasteiger partial charge in [-0.2, -0.15) is 10.5 Å². The van der Waals surface area contributed by atoms with Crippen molar-refractivity contribution in [2.45, 2.75) is 33.0 Å². The van der Waals surface area contributed by atoms with Gasteiger partial charge in [-0.15, -0.1) is 0 Å². The third kappa shape index (κ3) is 5.46. The molecule has 134 valence electrons. The van der Waals surface area contributed by atoms with Crippen LogP contribution in [-0.2, 0) is 14.3 Å². The summed E-state index contributed by atoms with van der Waals surface area (Å²) in [6.07, 6.45) is 1.12. The van der Waals surface area contributed by atoms with Crippen LogP contribution < -0.4 is 5.32 Å². The Labute approximate surface area is 147 Å². The summed E-state index contributed by atoms with van der Waals surface area (Å²) in [6.45, 7) is 7.19. The first-order chi connectivity index (χ1) is 11.8. The molecule has 0 spiro atoms. The van der Waals surface area contributed by atoms with Crippen LogP contribution in [0.4, 0.5) is 0 Å². The van der Waals surface area contributed by atoms with Crippen LogP contribution in [0.15, 0.2) is 35.1 Å². The summed E-state index contributed by atoms with van der Waals surface area (Å²) in [5, 5.41) is 31.0. The van der Waals surface area contributed by atoms with Crippen LogP contribution in [0.1, 0.15) is 26.7 Å². The number of carbonyl (C=O) groups is 1. The van der Waals surface area contributed by atoms with Crippen LogP contribution in [0.2, 0.25) is 0 Å². The minimum absolute atomic E-state index is 0.0405. The van der Waals surface area contributed by atoms with Crippen molar-refractivity contribution in [1.29, 1.82) is 10.5 Å². The molecule has 0 fully saturated rings. The minimum atomic E-state index is -1.14. The topological polar surface area (TPSA) is 115 Å². The molecule has 0 bridgehead atoms. The summed E-state index contributed by atoms with van der Waals surface area (Å²) in [6, 6.07) is 3.95. The standard InChI is InChI=1S/C18H23N3O4/c1-5-16(22)24-6-7-25-17(23)14(11-20)12-8-18(2,3)9-15(21-4)13(12)10-19/h5,16,21-22H,1,6-9H2,2-4H3/b14-12-. The van der Waals surface area contributed by atoms with Crippen LogP contribution in [0.3, 0.4) is 0 Å². The molecule has 0 aromatic heterocycles. The fourth-order valence-electron chi connectivity index (χ4n) is 2.62. The first kappa shape index (κ1) is 20.4. The Morgan fingerprint density at radius 2 is 2.12 bits per heavy atom. The molecule has 0 saturated carbocycles. The van der Waals surface area contributed by atoms with Gasteiger partial charge in [0.15, 0.2) is 6.29 Å². The quantitative estimate of drug-likeness (QED) is 0.180. The van der Waals surface area contributed by atoms with Crippen LogP contribution in [0, 0.1) is 28.1 Å². The molecule has 0 heterocycles. The van der Waals surface area contributed by atoms with Gasteiger partial charge in [-0.1, -0.05) is 20.4 Å². The van der Waals surface area contributed by atoms with Crippen LogP contribution in [0.5, 0.6) is 0 Å². The summed E-state index contributed by atoms with van der Waals surface area (Å²) < 4.78 is 9.93. The molecule has 0 aliphatic heterocycles. The lowest BCUT2D eigenvalue weighted by Gasteiger charge is -2.33. The number of carbonyl (C=O) groups excluding carboxylic acids is 1. The number of allylic oxidation sites excluding steroid dienone is 3. The lowest BCUT2D eigenvalue weighted by molar-refractivity contribution is -0.143. The van der Waals surface area contributed by atoms with Crippen molar-refractivity contribution in [3.63, 3.8) is 0 Å². The van der Waals surface area contributed by atoms with Crippen LogP contribution in [0.25, 0.3) is 0 Å². The van der Waals surface area contributed by atoms with Crippen molar-refractivity contribution in [2.24, 2.45) is 5.41 Å². The molecular formula is C18H23N3O4. The van der Waals surface area contributed by atoms with E-state index in [1.807, 2.05) is 19.9 Å². The zero-order valence-electron chi connectivity index (χ0n) is 14.8. The molecule has 1 unspecified atom stereocenters. The molecule has 0 amide bonds. The van der Waals surface area contributed by atoms with Gasteiger partial charge in [-0.25, -0.2) is 4.79 Å². The van der Waals surface area contributed by atoms with Gasteiger partial charge in [-0.05, 0) is 29.9 Å². The van der Waals surface area contributed by atoms with E-state index < -0.39 is 12.3 Å². The third-order valence-corrected chi connectivity index (χ3v) is 3.75. The van der Waals surface area contributed by atoms with E-state index in [2.05, 4.69) is 18.0 Å². The van der Waals surface area contributed by atoms with E-state index in [1.165, 1.54) is 6.08 Å². The maximum absolute atomic E-state index is 12.3. The highest BCUT2D eigenvalue weighted by Gasteiger charge is 2.34. The molecule has 2 N–H and O–H groups in total. The van der Waals surface area contributed by atoms with Gasteiger partial charge in [0.25, 0.3) is 0 Å². The summed E-state index contributed by atoms with van der Waals surface area (Å²) >= 11 is 0. The molecule has 1 atom stereocenters. The fourth-order valence-corrected chi connectivity index (χ4v) is 2.62. The molecule has 25 heavy (non-hydrogen) atoms. The van der Waals surface area contributed by atoms with E-state index in [0.29, 0.717) is 29.7 Å². The second-order valence-electron chi connectivity index (χ2n) is 6.33. The minimum Gasteiger partial charge on any atom is -0.459 e. The Kier molecular flexibility index (Phi) is 7.38. The first-order valence-electron chi connectivity index (χ1n) is 7.83. The van der Waals surface area contributed by atoms with Gasteiger partial charge in [0.05, 0.1) is 12.2 Å². The average Bonchev–Trinajstić information content (AvgIpc) is 2.57. The van der Waals surface area contributed by atoms with E-state index in [-0.39, 0.29) is 24.2 Å². The largest absolute Gasteiger partial charge is 0.459 e. The highest BCUT2D eigenvalue weighted by Crippen LogP contribution is 2.41. The smallest absolute Gasteiger partial charge is 0.349 e. The number of nitrogens with one attached hydrogen (secondary N) is 1. The molecule has 0 saturated heterocycles. The normalized spacial score (nSPS) is 19.3. The number of aliphatic hydroxyl groups is 1. The molecule has 0 radical (unpaired) electrons. The lowest BCUT2D eigenvalue weighted by Crippen LogP contribution is -2.27. The van der Waals surface area contributed by atoms with Gasteiger partial charge in [-0.3, -0.25) is 0 Å². The number of ether oxygens (including phenoxy) is 2. The summed E-state index contributed by atoms with van der Waals surface area (Å²) in [4.78, 5) is 12.3. The van der Waals surface area contributed by atoms with E-state index >= 15 is 0 Å². The molecular weight excluding hydrogens is 322 g/mol. The zero-order chi connectivity index (χ0) is 19.0. The van der Waals surface area contributed by atoms with Crippen molar-refractivity contribution in [3.8, 4) is 12.1 Å². The highest BCUT2D eigenvalue weighted by molar-refractivity contribution is 5.95. The zero-order valence-corrected chi connectivity index (χ0v) is 14.8. The number of nitrogens with zero attached hydrogens (tertiary/aromatic N) is 2. The van der Waals surface area contributed by atoms with Crippen LogP contribution in [-0.4, -0.2) is 37.6 Å². The maximum Gasteiger partial charge on any atom is 0.349 e. The third-order valence-electron chi connectivity index (χ3n) is 3.75. The van der Waals surface area contributed by atoms with E-state index in [0.717, 1.165) is 0 Å². The van der Waals surface area contributed by atoms with Crippen LogP contribution >= 0.6 is 0 Å². The molecule has 0 aromatic rings. The van der Waals surface area contributed by atoms with Crippen molar-refractivity contribution in [1.82, 2.24) is 5.32 Å². The Morgan fingerprint density at radius 3 is 2.64 bits per heavy atom. The fraction of sp³-hybridized carbons (Fsp3) is 0.500. The Balaban J connectivity index is 3.04.